The number of carbonyl (C=O) groups excluding carboxylic acids is 1. The predicted octanol–water partition coefficient (Wildman–Crippen LogP) is 5.83. The van der Waals surface area contributed by atoms with Gasteiger partial charge in [0.1, 0.15) is 0 Å². The zero-order valence-electron chi connectivity index (χ0n) is 14.9. The van der Waals surface area contributed by atoms with Crippen LogP contribution in [0.4, 0.5) is 13.2 Å². The first-order valence-corrected chi connectivity index (χ1v) is 7.83. The van der Waals surface area contributed by atoms with Crippen LogP contribution >= 0.6 is 0 Å². The minimum Gasteiger partial charge on any atom is -0.285 e. The van der Waals surface area contributed by atoms with Gasteiger partial charge in [-0.2, -0.15) is 18.3 Å². The summed E-state index contributed by atoms with van der Waals surface area (Å²) in [7, 11) is 0. The quantitative estimate of drug-likeness (QED) is 0.652. The van der Waals surface area contributed by atoms with Gasteiger partial charge in [-0.25, -0.2) is 4.68 Å². The lowest BCUT2D eigenvalue weighted by Crippen LogP contribution is -2.12. The van der Waals surface area contributed by atoms with Gasteiger partial charge in [0.2, 0.25) is 5.91 Å². The van der Waals surface area contributed by atoms with Gasteiger partial charge in [-0.1, -0.05) is 42.5 Å². The number of rotatable bonds is 2. The van der Waals surface area contributed by atoms with Crippen LogP contribution in [0.1, 0.15) is 71.6 Å². The Morgan fingerprint density at radius 2 is 1.69 bits per heavy atom. The van der Waals surface area contributed by atoms with E-state index in [0.29, 0.717) is 11.6 Å². The molecule has 150 valence electrons. The number of hydrogen-bond donors (Lipinski definition) is 0. The summed E-state index contributed by atoms with van der Waals surface area (Å²) < 4.78 is 37.6. The van der Waals surface area contributed by atoms with Crippen LogP contribution in [-0.2, 0) is 0 Å². The number of carbonyl (C=O) groups is 1. The largest absolute Gasteiger partial charge is 0.414 e. The molecular formula is C19H32F3N3O. The molecule has 0 atom stereocenters. The second kappa shape index (κ2) is 10.3. The molecule has 0 aliphatic carbocycles. The van der Waals surface area contributed by atoms with Gasteiger partial charge in [-0.3, -0.25) is 9.79 Å². The fourth-order valence-corrected chi connectivity index (χ4v) is 2.07. The third-order valence-electron chi connectivity index (χ3n) is 3.51. The van der Waals surface area contributed by atoms with Crippen molar-refractivity contribution in [1.82, 2.24) is 9.78 Å². The highest BCUT2D eigenvalue weighted by Crippen LogP contribution is 2.29. The molecule has 1 aromatic heterocycles. The van der Waals surface area contributed by atoms with E-state index in [1.54, 1.807) is 0 Å². The molecule has 0 bridgehead atoms. The molecule has 4 nitrogen and oxygen atoms in total. The molecule has 1 aromatic rings. The van der Waals surface area contributed by atoms with Crippen molar-refractivity contribution < 1.29 is 18.0 Å². The maximum Gasteiger partial charge on any atom is 0.414 e. The van der Waals surface area contributed by atoms with Crippen LogP contribution < -0.4 is 0 Å². The van der Waals surface area contributed by atoms with Gasteiger partial charge in [0.15, 0.2) is 0 Å². The van der Waals surface area contributed by atoms with Crippen molar-refractivity contribution in [3.63, 3.8) is 0 Å². The molecule has 0 radical (unpaired) electrons. The SMILES string of the molecule is C.C.CC(=O)n1nc(C(C)C)cc1C.CC(C)C1=NCC(C(F)(F)F)=C1. The van der Waals surface area contributed by atoms with E-state index in [1.165, 1.54) is 11.6 Å². The summed E-state index contributed by atoms with van der Waals surface area (Å²) in [5.41, 5.74) is 1.89. The molecule has 0 amide bonds. The van der Waals surface area contributed by atoms with Crippen molar-refractivity contribution in [2.45, 2.75) is 68.5 Å². The lowest BCUT2D eigenvalue weighted by molar-refractivity contribution is -0.0916. The van der Waals surface area contributed by atoms with E-state index in [4.69, 9.17) is 0 Å². The Labute approximate surface area is 155 Å². The highest BCUT2D eigenvalue weighted by molar-refractivity contribution is 5.99. The van der Waals surface area contributed by atoms with Gasteiger partial charge in [-0.15, -0.1) is 0 Å². The van der Waals surface area contributed by atoms with Crippen LogP contribution in [0.15, 0.2) is 22.7 Å². The third kappa shape index (κ3) is 7.14. The molecule has 0 saturated carbocycles. The fourth-order valence-electron chi connectivity index (χ4n) is 2.07. The molecule has 0 fully saturated rings. The van der Waals surface area contributed by atoms with E-state index in [9.17, 15) is 18.0 Å². The summed E-state index contributed by atoms with van der Waals surface area (Å²) in [5, 5.41) is 4.18. The lowest BCUT2D eigenvalue weighted by atomic mass is 10.1. The Hall–Kier alpha value is -1.92. The van der Waals surface area contributed by atoms with E-state index < -0.39 is 11.7 Å². The Kier molecular flexibility index (Phi) is 10.4. The van der Waals surface area contributed by atoms with Crippen LogP contribution in [0.5, 0.6) is 0 Å². The molecule has 2 heterocycles. The van der Waals surface area contributed by atoms with Crippen LogP contribution in [-0.4, -0.2) is 34.1 Å². The topological polar surface area (TPSA) is 47.2 Å². The first kappa shape index (κ1) is 26.3. The third-order valence-corrected chi connectivity index (χ3v) is 3.51. The molecule has 0 unspecified atom stereocenters. The van der Waals surface area contributed by atoms with Crippen molar-refractivity contribution in [2.75, 3.05) is 6.54 Å². The number of nitrogens with zero attached hydrogens (tertiary/aromatic N) is 3. The second-order valence-electron chi connectivity index (χ2n) is 6.36. The number of allylic oxidation sites excluding steroid dienone is 1. The average molecular weight is 375 g/mol. The van der Waals surface area contributed by atoms with E-state index >= 15 is 0 Å². The molecule has 0 aromatic carbocycles. The van der Waals surface area contributed by atoms with Crippen molar-refractivity contribution in [3.8, 4) is 0 Å². The van der Waals surface area contributed by atoms with Gasteiger partial charge in [-0.05, 0) is 30.9 Å². The summed E-state index contributed by atoms with van der Waals surface area (Å²) >= 11 is 0. The van der Waals surface area contributed by atoms with Gasteiger partial charge < -0.3 is 0 Å². The van der Waals surface area contributed by atoms with Crippen molar-refractivity contribution in [1.29, 1.82) is 0 Å². The summed E-state index contributed by atoms with van der Waals surface area (Å²) in [6.45, 7) is 11.0. The maximum atomic E-state index is 12.1. The van der Waals surface area contributed by atoms with E-state index in [2.05, 4.69) is 23.9 Å². The number of hydrogen-bond acceptors (Lipinski definition) is 3. The average Bonchev–Trinajstić information content (AvgIpc) is 3.04. The second-order valence-corrected chi connectivity index (χ2v) is 6.36. The van der Waals surface area contributed by atoms with Crippen LogP contribution in [0.3, 0.4) is 0 Å². The summed E-state index contributed by atoms with van der Waals surface area (Å²) in [5.74, 6) is 0.425. The van der Waals surface area contributed by atoms with Crippen LogP contribution in [0, 0.1) is 12.8 Å². The minimum absolute atomic E-state index is 0. The summed E-state index contributed by atoms with van der Waals surface area (Å²) in [6, 6.07) is 1.95. The van der Waals surface area contributed by atoms with Gasteiger partial charge in [0.05, 0.1) is 17.8 Å². The minimum atomic E-state index is -4.21. The van der Waals surface area contributed by atoms with Gasteiger partial charge >= 0.3 is 6.18 Å². The van der Waals surface area contributed by atoms with Gasteiger partial charge in [0, 0.05) is 18.3 Å². The molecule has 7 heteroatoms. The number of alkyl halides is 3. The summed E-state index contributed by atoms with van der Waals surface area (Å²) in [4.78, 5) is 14.8. The Balaban J connectivity index is 0. The standard InChI is InChI=1S/C9H14N2O.C8H10F3N.2CH4/c1-6(2)9-5-7(3)11(10-9)8(4)12;1-5(2)7-3-6(4-12-7)8(9,10)11;;/h5-6H,1-4H3;3,5H,4H2,1-2H3;2*1H4. The first-order chi connectivity index (χ1) is 10.9. The molecule has 1 aliphatic heterocycles. The zero-order valence-corrected chi connectivity index (χ0v) is 14.9. The number of aliphatic imine (C=N–C) groups is 1. The molecule has 0 N–H and O–H groups in total. The van der Waals surface area contributed by atoms with Gasteiger partial charge in [0.25, 0.3) is 0 Å². The highest BCUT2D eigenvalue weighted by atomic mass is 19.4. The van der Waals surface area contributed by atoms with Crippen LogP contribution in [0.2, 0.25) is 0 Å². The zero-order chi connectivity index (χ0) is 18.7. The van der Waals surface area contributed by atoms with E-state index in [-0.39, 0.29) is 33.2 Å². The fraction of sp³-hybridized carbons (Fsp3) is 0.632. The van der Waals surface area contributed by atoms with Crippen molar-refractivity contribution in [2.24, 2.45) is 10.9 Å². The molecule has 0 spiro atoms. The van der Waals surface area contributed by atoms with Crippen molar-refractivity contribution in [3.05, 3.63) is 29.1 Å². The van der Waals surface area contributed by atoms with Crippen LogP contribution in [0.25, 0.3) is 0 Å². The molecule has 2 rings (SSSR count). The number of aromatic nitrogens is 2. The number of aryl methyl sites for hydroxylation is 1. The highest BCUT2D eigenvalue weighted by Gasteiger charge is 2.35. The molecule has 26 heavy (non-hydrogen) atoms. The summed E-state index contributed by atoms with van der Waals surface area (Å²) in [6.07, 6.45) is -3.06. The Bertz CT molecular complexity index is 653. The Morgan fingerprint density at radius 1 is 1.15 bits per heavy atom. The first-order valence-electron chi connectivity index (χ1n) is 7.83. The Morgan fingerprint density at radius 3 is 1.92 bits per heavy atom. The lowest BCUT2D eigenvalue weighted by Gasteiger charge is -2.04. The smallest absolute Gasteiger partial charge is 0.285 e. The molecule has 0 saturated heterocycles. The molecule has 1 aliphatic rings. The van der Waals surface area contributed by atoms with E-state index in [0.717, 1.165) is 17.5 Å². The van der Waals surface area contributed by atoms with E-state index in [1.807, 2.05) is 26.8 Å². The number of halogens is 3. The normalized spacial score (nSPS) is 13.3. The predicted molar refractivity (Wildman–Crippen MR) is 102 cm³/mol. The molecular weight excluding hydrogens is 343 g/mol. The maximum absolute atomic E-state index is 12.1. The monoisotopic (exact) mass is 375 g/mol. The van der Waals surface area contributed by atoms with Crippen molar-refractivity contribution >= 4 is 11.6 Å².